The molecule has 1 rings (SSSR count). The van der Waals surface area contributed by atoms with Crippen LogP contribution < -0.4 is 0 Å². The molecule has 1 aliphatic rings. The first-order valence-corrected chi connectivity index (χ1v) is 14.5. The molecule has 6 heteroatoms. The number of nitrogens with zero attached hydrogens (tertiary/aromatic N) is 2. The summed E-state index contributed by atoms with van der Waals surface area (Å²) in [5.41, 5.74) is 0. The molecular weight excluding hydrogens is 244 g/mol. The molecule has 0 atom stereocenters. The van der Waals surface area contributed by atoms with E-state index in [0.29, 0.717) is 0 Å². The minimum atomic E-state index is -1.18. The number of hydrogen-bond donors (Lipinski definition) is 0. The molecular formula is C8H22ClN2Si3. The molecule has 0 aromatic carbocycles. The topological polar surface area (TPSA) is 6.48 Å². The molecule has 0 N–H and O–H groups in total. The fourth-order valence-corrected chi connectivity index (χ4v) is 14.7. The Morgan fingerprint density at radius 1 is 0.857 bits per heavy atom. The Kier molecular flexibility index (Phi) is 3.72. The van der Waals surface area contributed by atoms with Crippen molar-refractivity contribution in [2.45, 2.75) is 39.3 Å². The Bertz CT molecular complexity index is 190. The van der Waals surface area contributed by atoms with Crippen molar-refractivity contribution in [1.29, 1.82) is 0 Å². The molecule has 14 heavy (non-hydrogen) atoms. The Morgan fingerprint density at radius 2 is 1.14 bits per heavy atom. The summed E-state index contributed by atoms with van der Waals surface area (Å²) in [5.74, 6) is 0. The quantitative estimate of drug-likeness (QED) is 0.559. The van der Waals surface area contributed by atoms with E-state index in [9.17, 15) is 0 Å². The summed E-state index contributed by atoms with van der Waals surface area (Å²) in [7, 11) is -3.25. The van der Waals surface area contributed by atoms with Crippen molar-refractivity contribution in [2.75, 3.05) is 13.1 Å². The smallest absolute Gasteiger partial charge is 0.320 e. The summed E-state index contributed by atoms with van der Waals surface area (Å²) in [4.78, 5) is 0. The first kappa shape index (κ1) is 12.9. The molecule has 1 fully saturated rings. The number of halogens is 1. The fourth-order valence-electron chi connectivity index (χ4n) is 1.75. The average Bonchev–Trinajstić information content (AvgIpc) is 2.26. The van der Waals surface area contributed by atoms with E-state index >= 15 is 0 Å². The summed E-state index contributed by atoms with van der Waals surface area (Å²) >= 11 is 6.64. The predicted octanol–water partition coefficient (Wildman–Crippen LogP) is 2.50. The first-order valence-electron chi connectivity index (χ1n) is 5.22. The van der Waals surface area contributed by atoms with E-state index in [1.165, 1.54) is 13.1 Å². The molecule has 0 aromatic heterocycles. The van der Waals surface area contributed by atoms with E-state index in [2.05, 4.69) is 47.7 Å². The SMILES string of the molecule is C[Si](C)(C)N1CCN([Si](C)(C)C)[Si]1Cl. The van der Waals surface area contributed by atoms with Crippen LogP contribution in [0.25, 0.3) is 0 Å². The van der Waals surface area contributed by atoms with Gasteiger partial charge in [0.2, 0.25) is 0 Å². The number of hydrogen-bond acceptors (Lipinski definition) is 2. The lowest BCUT2D eigenvalue weighted by Crippen LogP contribution is -2.57. The van der Waals surface area contributed by atoms with Gasteiger partial charge < -0.3 is 8.46 Å². The second-order valence-electron chi connectivity index (χ2n) is 5.91. The van der Waals surface area contributed by atoms with Crippen molar-refractivity contribution in [3.63, 3.8) is 0 Å². The Hall–Kier alpha value is 0.861. The summed E-state index contributed by atoms with van der Waals surface area (Å²) in [5, 5.41) is 0. The molecule has 2 nitrogen and oxygen atoms in total. The molecule has 0 aromatic rings. The molecule has 0 saturated carbocycles. The third-order valence-electron chi connectivity index (χ3n) is 2.61. The second kappa shape index (κ2) is 4.03. The standard InChI is InChI=1S/C8H22ClN2Si3/c1-13(2,3)10-7-8-11(12(10)9)14(4,5)6/h7-8H2,1-6H3. The van der Waals surface area contributed by atoms with E-state index < -0.39 is 24.9 Å². The van der Waals surface area contributed by atoms with Crippen LogP contribution in [0.4, 0.5) is 0 Å². The van der Waals surface area contributed by atoms with Gasteiger partial charge in [0.25, 0.3) is 0 Å². The number of rotatable bonds is 2. The Morgan fingerprint density at radius 3 is 1.29 bits per heavy atom. The van der Waals surface area contributed by atoms with E-state index in [1.807, 2.05) is 0 Å². The van der Waals surface area contributed by atoms with Crippen molar-refractivity contribution in [3.05, 3.63) is 0 Å². The lowest BCUT2D eigenvalue weighted by Gasteiger charge is -2.36. The zero-order valence-electron chi connectivity index (χ0n) is 10.2. The summed E-state index contributed by atoms with van der Waals surface area (Å²) < 4.78 is 5.24. The maximum Gasteiger partial charge on any atom is 0.330 e. The highest BCUT2D eigenvalue weighted by Crippen LogP contribution is 2.26. The predicted molar refractivity (Wildman–Crippen MR) is 71.7 cm³/mol. The maximum absolute atomic E-state index is 6.64. The van der Waals surface area contributed by atoms with Gasteiger partial charge in [-0.25, -0.2) is 0 Å². The largest absolute Gasteiger partial charge is 0.330 e. The average molecular weight is 266 g/mol. The lowest BCUT2D eigenvalue weighted by atomic mass is 10.7. The van der Waals surface area contributed by atoms with Crippen molar-refractivity contribution in [3.8, 4) is 0 Å². The van der Waals surface area contributed by atoms with Crippen LogP contribution in [0.15, 0.2) is 0 Å². The van der Waals surface area contributed by atoms with Crippen LogP contribution in [0.3, 0.4) is 0 Å². The molecule has 1 aliphatic heterocycles. The molecule has 0 spiro atoms. The van der Waals surface area contributed by atoms with Crippen molar-refractivity contribution < 1.29 is 0 Å². The minimum Gasteiger partial charge on any atom is -0.320 e. The Balaban J connectivity index is 2.75. The zero-order valence-corrected chi connectivity index (χ0v) is 13.9. The van der Waals surface area contributed by atoms with Gasteiger partial charge in [-0.3, -0.25) is 0 Å². The van der Waals surface area contributed by atoms with Crippen molar-refractivity contribution in [1.82, 2.24) is 8.46 Å². The van der Waals surface area contributed by atoms with Crippen LogP contribution in [-0.4, -0.2) is 46.5 Å². The summed E-state index contributed by atoms with van der Waals surface area (Å²) in [6.07, 6.45) is 0. The highest BCUT2D eigenvalue weighted by atomic mass is 35.6. The maximum atomic E-state index is 6.64. The zero-order chi connectivity index (χ0) is 11.1. The van der Waals surface area contributed by atoms with Gasteiger partial charge >= 0.3 is 8.43 Å². The molecule has 0 aliphatic carbocycles. The minimum absolute atomic E-state index is 0.886. The van der Waals surface area contributed by atoms with Crippen LogP contribution in [0.2, 0.25) is 39.3 Å². The van der Waals surface area contributed by atoms with E-state index in [-0.39, 0.29) is 0 Å². The highest BCUT2D eigenvalue weighted by molar-refractivity contribution is 7.12. The van der Waals surface area contributed by atoms with E-state index in [1.54, 1.807) is 0 Å². The van der Waals surface area contributed by atoms with E-state index in [4.69, 9.17) is 11.1 Å². The van der Waals surface area contributed by atoms with Gasteiger partial charge in [-0.2, -0.15) is 0 Å². The molecule has 1 heterocycles. The third kappa shape index (κ3) is 2.71. The van der Waals surface area contributed by atoms with Gasteiger partial charge in [0.05, 0.1) is 0 Å². The molecule has 0 bridgehead atoms. The van der Waals surface area contributed by atoms with Crippen LogP contribution >= 0.6 is 11.1 Å². The third-order valence-corrected chi connectivity index (χ3v) is 15.0. The molecule has 0 unspecified atom stereocenters. The van der Waals surface area contributed by atoms with E-state index in [0.717, 1.165) is 0 Å². The molecule has 83 valence electrons. The summed E-state index contributed by atoms with van der Waals surface area (Å²) in [6.45, 7) is 16.8. The molecule has 1 saturated heterocycles. The van der Waals surface area contributed by atoms with Crippen molar-refractivity contribution in [2.24, 2.45) is 0 Å². The second-order valence-corrected chi connectivity index (χ2v) is 19.2. The summed E-state index contributed by atoms with van der Waals surface area (Å²) in [6, 6.07) is 0. The van der Waals surface area contributed by atoms with Crippen LogP contribution in [0, 0.1) is 0 Å². The highest BCUT2D eigenvalue weighted by Gasteiger charge is 2.44. The van der Waals surface area contributed by atoms with Gasteiger partial charge in [0.1, 0.15) is 16.5 Å². The van der Waals surface area contributed by atoms with Gasteiger partial charge in [0.15, 0.2) is 0 Å². The van der Waals surface area contributed by atoms with Gasteiger partial charge in [-0.15, -0.1) is 11.1 Å². The van der Waals surface area contributed by atoms with Crippen LogP contribution in [-0.2, 0) is 0 Å². The van der Waals surface area contributed by atoms with Gasteiger partial charge in [-0.1, -0.05) is 39.3 Å². The normalized spacial score (nSPS) is 23.4. The van der Waals surface area contributed by atoms with Gasteiger partial charge in [-0.05, 0) is 13.1 Å². The fraction of sp³-hybridized carbons (Fsp3) is 1.00. The lowest BCUT2D eigenvalue weighted by molar-refractivity contribution is 0.654. The van der Waals surface area contributed by atoms with Crippen molar-refractivity contribution >= 4 is 36.0 Å². The van der Waals surface area contributed by atoms with Crippen LogP contribution in [0.5, 0.6) is 0 Å². The Labute approximate surface area is 96.9 Å². The monoisotopic (exact) mass is 265 g/mol. The first-order chi connectivity index (χ1) is 6.14. The van der Waals surface area contributed by atoms with Gasteiger partial charge in [0, 0.05) is 0 Å². The molecule has 1 radical (unpaired) electrons. The molecule has 0 amide bonds. The van der Waals surface area contributed by atoms with Crippen LogP contribution in [0.1, 0.15) is 0 Å².